The van der Waals surface area contributed by atoms with E-state index in [9.17, 15) is 0 Å². The first-order valence-corrected chi connectivity index (χ1v) is 5.49. The first-order valence-electron chi connectivity index (χ1n) is 4.96. The molecule has 0 aliphatic carbocycles. The minimum absolute atomic E-state index is 0.124. The number of aromatic nitrogens is 3. The normalized spacial score (nSPS) is 21.7. The highest BCUT2D eigenvalue weighted by molar-refractivity contribution is 6.16. The van der Waals surface area contributed by atoms with E-state index in [1.807, 2.05) is 4.57 Å². The molecule has 1 aromatic heterocycles. The van der Waals surface area contributed by atoms with Crippen LogP contribution in [0, 0.1) is 0 Å². The maximum Gasteiger partial charge on any atom is 0.162 e. The summed E-state index contributed by atoms with van der Waals surface area (Å²) in [5.74, 6) is 2.17. The molecule has 2 rings (SSSR count). The van der Waals surface area contributed by atoms with Crippen LogP contribution in [0.25, 0.3) is 0 Å². The van der Waals surface area contributed by atoms with E-state index < -0.39 is 0 Å². The van der Waals surface area contributed by atoms with Crippen molar-refractivity contribution in [3.63, 3.8) is 0 Å². The lowest BCUT2D eigenvalue weighted by molar-refractivity contribution is 0.102. The van der Waals surface area contributed by atoms with Crippen molar-refractivity contribution in [1.82, 2.24) is 14.8 Å². The van der Waals surface area contributed by atoms with Crippen molar-refractivity contribution >= 4 is 11.6 Å². The van der Waals surface area contributed by atoms with Crippen LogP contribution >= 0.6 is 11.6 Å². The second-order valence-electron chi connectivity index (χ2n) is 3.35. The van der Waals surface area contributed by atoms with Gasteiger partial charge in [-0.05, 0) is 19.8 Å². The van der Waals surface area contributed by atoms with Gasteiger partial charge in [0, 0.05) is 13.2 Å². The van der Waals surface area contributed by atoms with Crippen LogP contribution in [0.1, 0.15) is 37.5 Å². The van der Waals surface area contributed by atoms with Crippen molar-refractivity contribution in [1.29, 1.82) is 0 Å². The van der Waals surface area contributed by atoms with Crippen LogP contribution in [0.3, 0.4) is 0 Å². The van der Waals surface area contributed by atoms with Crippen LogP contribution in [-0.2, 0) is 17.2 Å². The van der Waals surface area contributed by atoms with E-state index in [2.05, 4.69) is 17.1 Å². The Bertz CT molecular complexity index is 307. The zero-order valence-corrected chi connectivity index (χ0v) is 9.00. The monoisotopic (exact) mass is 215 g/mol. The summed E-state index contributed by atoms with van der Waals surface area (Å²) in [6.07, 6.45) is 2.28. The third-order valence-corrected chi connectivity index (χ3v) is 2.75. The van der Waals surface area contributed by atoms with Gasteiger partial charge in [0.2, 0.25) is 0 Å². The SMILES string of the molecule is CCn1c(CCl)nnc1C1CCCO1. The predicted molar refractivity (Wildman–Crippen MR) is 53.2 cm³/mol. The largest absolute Gasteiger partial charge is 0.370 e. The molecule has 14 heavy (non-hydrogen) atoms. The molecular formula is C9H14ClN3O. The third-order valence-electron chi connectivity index (χ3n) is 2.51. The summed E-state index contributed by atoms with van der Waals surface area (Å²) in [4.78, 5) is 0. The third kappa shape index (κ3) is 1.64. The smallest absolute Gasteiger partial charge is 0.162 e. The van der Waals surface area contributed by atoms with Gasteiger partial charge in [-0.2, -0.15) is 0 Å². The highest BCUT2D eigenvalue weighted by Crippen LogP contribution is 2.27. The van der Waals surface area contributed by atoms with E-state index in [0.29, 0.717) is 5.88 Å². The number of ether oxygens (including phenoxy) is 1. The van der Waals surface area contributed by atoms with Crippen molar-refractivity contribution in [2.45, 2.75) is 38.3 Å². The molecule has 1 unspecified atom stereocenters. The van der Waals surface area contributed by atoms with Gasteiger partial charge in [0.15, 0.2) is 5.82 Å². The molecule has 1 atom stereocenters. The van der Waals surface area contributed by atoms with Crippen molar-refractivity contribution in [2.75, 3.05) is 6.61 Å². The van der Waals surface area contributed by atoms with Gasteiger partial charge in [0.1, 0.15) is 11.9 Å². The number of rotatable bonds is 3. The van der Waals surface area contributed by atoms with E-state index in [4.69, 9.17) is 16.3 Å². The molecule has 1 aliphatic rings. The summed E-state index contributed by atoms with van der Waals surface area (Å²) < 4.78 is 7.62. The molecule has 0 radical (unpaired) electrons. The number of hydrogen-bond donors (Lipinski definition) is 0. The fourth-order valence-corrected chi connectivity index (χ4v) is 2.01. The highest BCUT2D eigenvalue weighted by Gasteiger charge is 2.24. The molecule has 1 saturated heterocycles. The Morgan fingerprint density at radius 1 is 1.57 bits per heavy atom. The standard InChI is InChI=1S/C9H14ClN3O/c1-2-13-8(6-10)11-12-9(13)7-4-3-5-14-7/h7H,2-6H2,1H3. The maximum absolute atomic E-state index is 5.77. The van der Waals surface area contributed by atoms with Crippen LogP contribution in [0.4, 0.5) is 0 Å². The Kier molecular flexibility index (Phi) is 3.03. The van der Waals surface area contributed by atoms with E-state index >= 15 is 0 Å². The van der Waals surface area contributed by atoms with Crippen molar-refractivity contribution in [2.24, 2.45) is 0 Å². The molecule has 0 bridgehead atoms. The number of halogens is 1. The Hall–Kier alpha value is -0.610. The lowest BCUT2D eigenvalue weighted by Crippen LogP contribution is -2.09. The molecule has 0 N–H and O–H groups in total. The molecule has 0 aromatic carbocycles. The minimum Gasteiger partial charge on any atom is -0.370 e. The van der Waals surface area contributed by atoms with Crippen LogP contribution in [-0.4, -0.2) is 21.4 Å². The Morgan fingerprint density at radius 2 is 2.43 bits per heavy atom. The fraction of sp³-hybridized carbons (Fsp3) is 0.778. The van der Waals surface area contributed by atoms with Gasteiger partial charge in [0.25, 0.3) is 0 Å². The van der Waals surface area contributed by atoms with E-state index in [-0.39, 0.29) is 6.10 Å². The minimum atomic E-state index is 0.124. The summed E-state index contributed by atoms with van der Waals surface area (Å²) in [5, 5.41) is 8.19. The van der Waals surface area contributed by atoms with Gasteiger partial charge >= 0.3 is 0 Å². The van der Waals surface area contributed by atoms with Gasteiger partial charge in [0.05, 0.1) is 5.88 Å². The van der Waals surface area contributed by atoms with Crippen molar-refractivity contribution < 1.29 is 4.74 Å². The molecule has 2 heterocycles. The molecule has 0 saturated carbocycles. The average Bonchev–Trinajstić information content (AvgIpc) is 2.85. The summed E-state index contributed by atoms with van der Waals surface area (Å²) in [7, 11) is 0. The predicted octanol–water partition coefficient (Wildman–Crippen LogP) is 1.89. The molecule has 1 fully saturated rings. The number of nitrogens with zero attached hydrogens (tertiary/aromatic N) is 3. The summed E-state index contributed by atoms with van der Waals surface area (Å²) in [6.45, 7) is 3.75. The van der Waals surface area contributed by atoms with Gasteiger partial charge in [-0.3, -0.25) is 0 Å². The molecule has 0 spiro atoms. The number of hydrogen-bond acceptors (Lipinski definition) is 3. The summed E-state index contributed by atoms with van der Waals surface area (Å²) >= 11 is 5.77. The molecule has 5 heteroatoms. The van der Waals surface area contributed by atoms with Gasteiger partial charge in [-0.25, -0.2) is 0 Å². The summed E-state index contributed by atoms with van der Waals surface area (Å²) in [6, 6.07) is 0. The van der Waals surface area contributed by atoms with E-state index in [0.717, 1.165) is 37.6 Å². The zero-order chi connectivity index (χ0) is 9.97. The Labute approximate surface area is 88.2 Å². The Morgan fingerprint density at radius 3 is 3.00 bits per heavy atom. The highest BCUT2D eigenvalue weighted by atomic mass is 35.5. The van der Waals surface area contributed by atoms with Crippen molar-refractivity contribution in [3.8, 4) is 0 Å². The zero-order valence-electron chi connectivity index (χ0n) is 8.24. The molecule has 0 amide bonds. The van der Waals surface area contributed by atoms with Crippen molar-refractivity contribution in [3.05, 3.63) is 11.6 Å². The van der Waals surface area contributed by atoms with E-state index in [1.54, 1.807) is 0 Å². The average molecular weight is 216 g/mol. The molecule has 78 valence electrons. The van der Waals surface area contributed by atoms with E-state index in [1.165, 1.54) is 0 Å². The molecule has 1 aliphatic heterocycles. The van der Waals surface area contributed by atoms with Crippen LogP contribution in [0.15, 0.2) is 0 Å². The van der Waals surface area contributed by atoms with Crippen LogP contribution < -0.4 is 0 Å². The second kappa shape index (κ2) is 4.28. The van der Waals surface area contributed by atoms with Gasteiger partial charge in [-0.15, -0.1) is 21.8 Å². The van der Waals surface area contributed by atoms with Gasteiger partial charge in [-0.1, -0.05) is 0 Å². The summed E-state index contributed by atoms with van der Waals surface area (Å²) in [5.41, 5.74) is 0. The molecule has 1 aromatic rings. The first kappa shape index (κ1) is 9.93. The van der Waals surface area contributed by atoms with Gasteiger partial charge < -0.3 is 9.30 Å². The number of alkyl halides is 1. The lowest BCUT2D eigenvalue weighted by Gasteiger charge is -2.10. The molecular weight excluding hydrogens is 202 g/mol. The topological polar surface area (TPSA) is 39.9 Å². The fourth-order valence-electron chi connectivity index (χ4n) is 1.81. The Balaban J connectivity index is 2.27. The van der Waals surface area contributed by atoms with Crippen LogP contribution in [0.5, 0.6) is 0 Å². The second-order valence-corrected chi connectivity index (χ2v) is 3.62. The first-order chi connectivity index (χ1) is 6.86. The lowest BCUT2D eigenvalue weighted by atomic mass is 10.2. The van der Waals surface area contributed by atoms with Crippen LogP contribution in [0.2, 0.25) is 0 Å². The molecule has 4 nitrogen and oxygen atoms in total. The maximum atomic E-state index is 5.77. The quantitative estimate of drug-likeness (QED) is 0.723.